The molecule has 0 unspecified atom stereocenters. The summed E-state index contributed by atoms with van der Waals surface area (Å²) in [5.41, 5.74) is 2.06. The van der Waals surface area contributed by atoms with Crippen molar-refractivity contribution < 1.29 is 27.5 Å². The van der Waals surface area contributed by atoms with E-state index in [1.54, 1.807) is 37.4 Å². The molecular weight excluding hydrogens is 554 g/mol. The number of anilines is 1. The first-order valence-electron chi connectivity index (χ1n) is 13.7. The molecule has 0 heterocycles. The fourth-order valence-electron chi connectivity index (χ4n) is 4.44. The van der Waals surface area contributed by atoms with Gasteiger partial charge in [-0.1, -0.05) is 68.4 Å². The number of rotatable bonds is 14. The van der Waals surface area contributed by atoms with Crippen LogP contribution in [0.2, 0.25) is 0 Å². The van der Waals surface area contributed by atoms with E-state index in [-0.39, 0.29) is 36.3 Å². The van der Waals surface area contributed by atoms with Gasteiger partial charge in [0, 0.05) is 25.1 Å². The van der Waals surface area contributed by atoms with Crippen LogP contribution in [-0.2, 0) is 32.6 Å². The van der Waals surface area contributed by atoms with Gasteiger partial charge in [0.15, 0.2) is 5.78 Å². The number of hydrogen-bond donors (Lipinski definition) is 1. The van der Waals surface area contributed by atoms with Gasteiger partial charge in [-0.25, -0.2) is 8.42 Å². The molecular formula is C32H39N3O6S. The summed E-state index contributed by atoms with van der Waals surface area (Å²) in [4.78, 5) is 41.3. The second-order valence-corrected chi connectivity index (χ2v) is 12.5. The van der Waals surface area contributed by atoms with Gasteiger partial charge in [-0.2, -0.15) is 0 Å². The molecule has 3 aromatic carbocycles. The third-order valence-corrected chi connectivity index (χ3v) is 7.80. The fraction of sp³-hybridized carbons (Fsp3) is 0.344. The molecule has 10 heteroatoms. The summed E-state index contributed by atoms with van der Waals surface area (Å²) in [6, 6.07) is 21.7. The predicted molar refractivity (Wildman–Crippen MR) is 164 cm³/mol. The topological polar surface area (TPSA) is 113 Å². The van der Waals surface area contributed by atoms with Gasteiger partial charge in [0.25, 0.3) is 0 Å². The highest BCUT2D eigenvalue weighted by Gasteiger charge is 2.33. The van der Waals surface area contributed by atoms with E-state index < -0.39 is 28.5 Å². The Balaban J connectivity index is 2.08. The minimum Gasteiger partial charge on any atom is -0.497 e. The number of amides is 2. The summed E-state index contributed by atoms with van der Waals surface area (Å²) < 4.78 is 32.2. The maximum absolute atomic E-state index is 14.2. The Bertz CT molecular complexity index is 1490. The zero-order chi connectivity index (χ0) is 30.9. The van der Waals surface area contributed by atoms with E-state index in [1.165, 1.54) is 24.0 Å². The zero-order valence-corrected chi connectivity index (χ0v) is 25.6. The van der Waals surface area contributed by atoms with Crippen molar-refractivity contribution in [2.75, 3.05) is 30.8 Å². The SMILES string of the molecule is COc1cccc(CN(C(=O)CN(c2cccc(C(C)=O)c2)S(C)(=O)=O)[C@@H](Cc2ccccc2)C(=O)NCC(C)C)c1. The molecule has 2 amide bonds. The van der Waals surface area contributed by atoms with Crippen LogP contribution in [0, 0.1) is 5.92 Å². The Morgan fingerprint density at radius 2 is 1.57 bits per heavy atom. The highest BCUT2D eigenvalue weighted by atomic mass is 32.2. The van der Waals surface area contributed by atoms with E-state index in [1.807, 2.05) is 50.2 Å². The standard InChI is InChI=1S/C32H39N3O6S/c1-23(2)20-33-32(38)30(18-25-11-7-6-8-12-25)34(21-26-13-9-16-29(17-26)41-4)31(37)22-35(42(5,39)40)28-15-10-14-27(19-28)24(3)36/h6-17,19,23,30H,18,20-22H2,1-5H3,(H,33,38)/t30-/m0/s1. The highest BCUT2D eigenvalue weighted by Crippen LogP contribution is 2.23. The van der Waals surface area contributed by atoms with Crippen LogP contribution >= 0.6 is 0 Å². The molecule has 224 valence electrons. The Labute approximate surface area is 248 Å². The summed E-state index contributed by atoms with van der Waals surface area (Å²) in [5.74, 6) is -0.378. The van der Waals surface area contributed by atoms with Gasteiger partial charge >= 0.3 is 0 Å². The number of carbonyl (C=O) groups excluding carboxylic acids is 3. The maximum Gasteiger partial charge on any atom is 0.244 e. The molecule has 0 bridgehead atoms. The molecule has 1 atom stereocenters. The van der Waals surface area contributed by atoms with E-state index in [9.17, 15) is 22.8 Å². The molecule has 0 aliphatic rings. The van der Waals surface area contributed by atoms with Crippen molar-refractivity contribution >= 4 is 33.3 Å². The van der Waals surface area contributed by atoms with E-state index in [0.29, 0.717) is 23.4 Å². The van der Waals surface area contributed by atoms with Crippen molar-refractivity contribution in [2.24, 2.45) is 5.92 Å². The molecule has 9 nitrogen and oxygen atoms in total. The second kappa shape index (κ2) is 14.6. The number of benzene rings is 3. The minimum atomic E-state index is -3.94. The van der Waals surface area contributed by atoms with Gasteiger partial charge in [-0.3, -0.25) is 18.7 Å². The normalized spacial score (nSPS) is 12.0. The van der Waals surface area contributed by atoms with Crippen molar-refractivity contribution in [3.8, 4) is 5.75 Å². The summed E-state index contributed by atoms with van der Waals surface area (Å²) >= 11 is 0. The van der Waals surface area contributed by atoms with Crippen LogP contribution in [0.15, 0.2) is 78.9 Å². The first-order valence-corrected chi connectivity index (χ1v) is 15.6. The van der Waals surface area contributed by atoms with Crippen molar-refractivity contribution in [1.29, 1.82) is 0 Å². The quantitative estimate of drug-likeness (QED) is 0.282. The maximum atomic E-state index is 14.2. The van der Waals surface area contributed by atoms with Crippen LogP contribution < -0.4 is 14.4 Å². The highest BCUT2D eigenvalue weighted by molar-refractivity contribution is 7.92. The third kappa shape index (κ3) is 9.17. The van der Waals surface area contributed by atoms with Crippen LogP contribution in [0.4, 0.5) is 5.69 Å². The molecule has 0 spiro atoms. The lowest BCUT2D eigenvalue weighted by atomic mass is 10.0. The molecule has 3 aromatic rings. The van der Waals surface area contributed by atoms with Gasteiger partial charge in [-0.05, 0) is 48.2 Å². The van der Waals surface area contributed by atoms with Crippen LogP contribution in [0.3, 0.4) is 0 Å². The van der Waals surface area contributed by atoms with Crippen molar-refractivity contribution in [1.82, 2.24) is 10.2 Å². The Morgan fingerprint density at radius 3 is 2.19 bits per heavy atom. The largest absolute Gasteiger partial charge is 0.497 e. The van der Waals surface area contributed by atoms with Gasteiger partial charge in [0.2, 0.25) is 21.8 Å². The average Bonchev–Trinajstić information content (AvgIpc) is 2.96. The van der Waals surface area contributed by atoms with E-state index >= 15 is 0 Å². The second-order valence-electron chi connectivity index (χ2n) is 10.6. The number of methoxy groups -OCH3 is 1. The smallest absolute Gasteiger partial charge is 0.244 e. The molecule has 0 saturated heterocycles. The van der Waals surface area contributed by atoms with Crippen LogP contribution in [0.5, 0.6) is 5.75 Å². The number of hydrogen-bond acceptors (Lipinski definition) is 6. The van der Waals surface area contributed by atoms with Crippen LogP contribution in [-0.4, -0.2) is 63.4 Å². The molecule has 0 aliphatic carbocycles. The molecule has 0 aliphatic heterocycles. The number of Topliss-reactive ketones (excluding diaryl/α,β-unsaturated/α-hetero) is 1. The molecule has 0 fully saturated rings. The summed E-state index contributed by atoms with van der Waals surface area (Å²) in [6.07, 6.45) is 1.23. The summed E-state index contributed by atoms with van der Waals surface area (Å²) in [5, 5.41) is 2.95. The number of ketones is 1. The molecule has 0 radical (unpaired) electrons. The van der Waals surface area contributed by atoms with Crippen molar-refractivity contribution in [2.45, 2.75) is 39.8 Å². The Hall–Kier alpha value is -4.18. The lowest BCUT2D eigenvalue weighted by Gasteiger charge is -2.33. The molecule has 1 N–H and O–H groups in total. The molecule has 42 heavy (non-hydrogen) atoms. The number of nitrogens with one attached hydrogen (secondary N) is 1. The van der Waals surface area contributed by atoms with Gasteiger partial charge < -0.3 is 15.0 Å². The van der Waals surface area contributed by atoms with E-state index in [0.717, 1.165) is 16.1 Å². The van der Waals surface area contributed by atoms with Crippen LogP contribution in [0.25, 0.3) is 0 Å². The zero-order valence-electron chi connectivity index (χ0n) is 24.7. The van der Waals surface area contributed by atoms with Gasteiger partial charge in [0.05, 0.1) is 19.1 Å². The number of sulfonamides is 1. The van der Waals surface area contributed by atoms with Crippen LogP contribution in [0.1, 0.15) is 42.3 Å². The Morgan fingerprint density at radius 1 is 0.905 bits per heavy atom. The average molecular weight is 594 g/mol. The van der Waals surface area contributed by atoms with E-state index in [2.05, 4.69) is 5.32 Å². The monoisotopic (exact) mass is 593 g/mol. The lowest BCUT2D eigenvalue weighted by Crippen LogP contribution is -2.53. The number of nitrogens with zero attached hydrogens (tertiary/aromatic N) is 2. The van der Waals surface area contributed by atoms with Gasteiger partial charge in [-0.15, -0.1) is 0 Å². The summed E-state index contributed by atoms with van der Waals surface area (Å²) in [6.45, 7) is 5.23. The van der Waals surface area contributed by atoms with Crippen molar-refractivity contribution in [3.05, 3.63) is 95.6 Å². The fourth-order valence-corrected chi connectivity index (χ4v) is 5.28. The van der Waals surface area contributed by atoms with Crippen molar-refractivity contribution in [3.63, 3.8) is 0 Å². The Kier molecular flexibility index (Phi) is 11.3. The van der Waals surface area contributed by atoms with Gasteiger partial charge in [0.1, 0.15) is 18.3 Å². The first-order chi connectivity index (χ1) is 19.9. The minimum absolute atomic E-state index is 0.0354. The van der Waals surface area contributed by atoms with E-state index in [4.69, 9.17) is 4.74 Å². The summed E-state index contributed by atoms with van der Waals surface area (Å²) in [7, 11) is -2.40. The number of ether oxygens (including phenoxy) is 1. The lowest BCUT2D eigenvalue weighted by molar-refractivity contribution is -0.140. The number of carbonyl (C=O) groups is 3. The molecule has 3 rings (SSSR count). The first kappa shape index (κ1) is 32.3. The molecule has 0 saturated carbocycles. The predicted octanol–water partition coefficient (Wildman–Crippen LogP) is 4.08. The molecule has 0 aromatic heterocycles. The third-order valence-electron chi connectivity index (χ3n) is 6.66.